The quantitative estimate of drug-likeness (QED) is 0.623. The molecule has 3 unspecified atom stereocenters. The molecule has 27 heavy (non-hydrogen) atoms. The van der Waals surface area contributed by atoms with Crippen LogP contribution in [0.15, 0.2) is 48.5 Å². The Balaban J connectivity index is 1.86. The molecule has 2 heterocycles. The molecule has 2 aromatic carbocycles. The van der Waals surface area contributed by atoms with Gasteiger partial charge < -0.3 is 9.84 Å². The SMILES string of the molecule is C[N+](C)(C)C(=O)C1C(=O)NN2C(c3ccccc3O)Oc3ccccc3C12. The lowest BCUT2D eigenvalue weighted by Gasteiger charge is -2.39. The first kappa shape index (κ1) is 17.5. The number of benzene rings is 2. The van der Waals surface area contributed by atoms with Crippen LogP contribution in [0, 0.1) is 5.92 Å². The molecule has 0 radical (unpaired) electrons. The van der Waals surface area contributed by atoms with Gasteiger partial charge in [0.2, 0.25) is 0 Å². The van der Waals surface area contributed by atoms with E-state index in [1.165, 1.54) is 0 Å². The number of ether oxygens (including phenoxy) is 1. The number of para-hydroxylation sites is 2. The third-order valence-electron chi connectivity index (χ3n) is 5.00. The molecule has 2 aliphatic heterocycles. The zero-order chi connectivity index (χ0) is 19.3. The molecule has 2 amide bonds. The first-order valence-corrected chi connectivity index (χ1v) is 8.77. The zero-order valence-electron chi connectivity index (χ0n) is 15.4. The van der Waals surface area contributed by atoms with Crippen LogP contribution in [0.3, 0.4) is 0 Å². The molecule has 0 aliphatic carbocycles. The average Bonchev–Trinajstić information content (AvgIpc) is 2.97. The Kier molecular flexibility index (Phi) is 3.94. The molecule has 7 nitrogen and oxygen atoms in total. The minimum atomic E-state index is -0.872. The van der Waals surface area contributed by atoms with Crippen LogP contribution in [-0.2, 0) is 9.59 Å². The number of phenols is 1. The Hall–Kier alpha value is -2.90. The van der Waals surface area contributed by atoms with Gasteiger partial charge in [-0.2, -0.15) is 5.01 Å². The van der Waals surface area contributed by atoms with Crippen molar-refractivity contribution in [3.8, 4) is 11.5 Å². The molecule has 0 bridgehead atoms. The molecule has 1 fully saturated rings. The van der Waals surface area contributed by atoms with Crippen LogP contribution in [0.1, 0.15) is 23.4 Å². The monoisotopic (exact) mass is 368 g/mol. The third kappa shape index (κ3) is 2.75. The van der Waals surface area contributed by atoms with Crippen LogP contribution in [-0.4, -0.2) is 47.6 Å². The van der Waals surface area contributed by atoms with Crippen molar-refractivity contribution in [2.45, 2.75) is 12.3 Å². The van der Waals surface area contributed by atoms with E-state index in [9.17, 15) is 14.7 Å². The molecule has 7 heteroatoms. The van der Waals surface area contributed by atoms with Crippen LogP contribution in [0.5, 0.6) is 11.5 Å². The second-order valence-corrected chi connectivity index (χ2v) is 7.72. The third-order valence-corrected chi connectivity index (χ3v) is 5.00. The van der Waals surface area contributed by atoms with E-state index < -0.39 is 18.2 Å². The summed E-state index contributed by atoms with van der Waals surface area (Å²) in [6.45, 7) is 0. The van der Waals surface area contributed by atoms with Gasteiger partial charge in [0.1, 0.15) is 11.5 Å². The number of carbonyl (C=O) groups excluding carboxylic acids is 2. The van der Waals surface area contributed by atoms with Crippen molar-refractivity contribution >= 4 is 11.8 Å². The summed E-state index contributed by atoms with van der Waals surface area (Å²) < 4.78 is 6.14. The number of nitrogens with zero attached hydrogens (tertiary/aromatic N) is 2. The lowest BCUT2D eigenvalue weighted by Crippen LogP contribution is -2.49. The fourth-order valence-electron chi connectivity index (χ4n) is 3.69. The van der Waals surface area contributed by atoms with Gasteiger partial charge in [0.15, 0.2) is 12.1 Å². The summed E-state index contributed by atoms with van der Waals surface area (Å²) in [5, 5.41) is 11.9. The number of rotatable bonds is 2. The van der Waals surface area contributed by atoms with E-state index in [1.54, 1.807) is 50.4 Å². The topological polar surface area (TPSA) is 78.9 Å². The predicted octanol–water partition coefficient (Wildman–Crippen LogP) is 1.72. The summed E-state index contributed by atoms with van der Waals surface area (Å²) in [5.74, 6) is -0.756. The summed E-state index contributed by atoms with van der Waals surface area (Å²) in [4.78, 5) is 25.8. The first-order chi connectivity index (χ1) is 12.8. The van der Waals surface area contributed by atoms with E-state index in [-0.39, 0.29) is 22.0 Å². The summed E-state index contributed by atoms with van der Waals surface area (Å²) in [5.41, 5.74) is 4.10. The van der Waals surface area contributed by atoms with Gasteiger partial charge in [0.05, 0.1) is 32.7 Å². The molecule has 0 aromatic heterocycles. The number of hydrogen-bond acceptors (Lipinski definition) is 5. The van der Waals surface area contributed by atoms with Crippen LogP contribution < -0.4 is 10.2 Å². The van der Waals surface area contributed by atoms with Gasteiger partial charge in [-0.05, 0) is 12.1 Å². The molecule has 4 rings (SSSR count). The van der Waals surface area contributed by atoms with Crippen molar-refractivity contribution in [1.29, 1.82) is 0 Å². The molecule has 2 N–H and O–H groups in total. The number of nitrogens with one attached hydrogen (secondary N) is 1. The summed E-state index contributed by atoms with van der Waals surface area (Å²) >= 11 is 0. The van der Waals surface area contributed by atoms with Crippen molar-refractivity contribution in [2.24, 2.45) is 5.92 Å². The minimum absolute atomic E-state index is 0.0344. The fraction of sp³-hybridized carbons (Fsp3) is 0.300. The van der Waals surface area contributed by atoms with Crippen molar-refractivity contribution in [3.63, 3.8) is 0 Å². The molecule has 0 saturated carbocycles. The normalized spacial score (nSPS) is 24.6. The van der Waals surface area contributed by atoms with Crippen LogP contribution in [0.2, 0.25) is 0 Å². The summed E-state index contributed by atoms with van der Waals surface area (Å²) in [6.07, 6.45) is -0.736. The van der Waals surface area contributed by atoms with Crippen LogP contribution >= 0.6 is 0 Å². The zero-order valence-corrected chi connectivity index (χ0v) is 15.4. The molecule has 2 aliphatic rings. The lowest BCUT2D eigenvalue weighted by atomic mass is 9.89. The Morgan fingerprint density at radius 1 is 1.07 bits per heavy atom. The number of hydrazine groups is 1. The maximum atomic E-state index is 13.0. The van der Waals surface area contributed by atoms with Crippen molar-refractivity contribution in [3.05, 3.63) is 59.7 Å². The Morgan fingerprint density at radius 3 is 2.37 bits per heavy atom. The maximum absolute atomic E-state index is 13.0. The minimum Gasteiger partial charge on any atom is -0.507 e. The molecular weight excluding hydrogens is 346 g/mol. The Morgan fingerprint density at radius 2 is 1.70 bits per heavy atom. The van der Waals surface area contributed by atoms with E-state index in [2.05, 4.69) is 5.43 Å². The molecular formula is C20H22N3O4+. The maximum Gasteiger partial charge on any atom is 0.327 e. The average molecular weight is 368 g/mol. The van der Waals surface area contributed by atoms with Gasteiger partial charge in [0.25, 0.3) is 5.91 Å². The summed E-state index contributed by atoms with van der Waals surface area (Å²) in [7, 11) is 5.26. The van der Waals surface area contributed by atoms with Crippen LogP contribution in [0.25, 0.3) is 0 Å². The lowest BCUT2D eigenvalue weighted by molar-refractivity contribution is -0.793. The van der Waals surface area contributed by atoms with Gasteiger partial charge in [-0.1, -0.05) is 36.4 Å². The molecule has 1 saturated heterocycles. The van der Waals surface area contributed by atoms with Gasteiger partial charge in [-0.25, -0.2) is 4.79 Å². The first-order valence-electron chi connectivity index (χ1n) is 8.77. The Labute approximate surface area is 157 Å². The highest BCUT2D eigenvalue weighted by Gasteiger charge is 2.56. The van der Waals surface area contributed by atoms with Gasteiger partial charge >= 0.3 is 5.91 Å². The smallest absolute Gasteiger partial charge is 0.327 e. The van der Waals surface area contributed by atoms with Gasteiger partial charge in [-0.15, -0.1) is 0 Å². The standard InChI is InChI=1S/C20H21N3O4/c1-23(2,3)20(26)16-17-13-9-5-7-11-15(13)27-19(22(17)21-18(16)25)12-8-4-6-10-14(12)24/h4-11,16-17,19H,1-3H3,(H-,21,24,25)/p+1. The van der Waals surface area contributed by atoms with Crippen molar-refractivity contribution in [1.82, 2.24) is 10.4 Å². The van der Waals surface area contributed by atoms with Crippen LogP contribution in [0.4, 0.5) is 0 Å². The van der Waals surface area contributed by atoms with E-state index in [0.29, 0.717) is 11.3 Å². The number of carbonyl (C=O) groups is 2. The molecule has 2 aromatic rings. The highest BCUT2D eigenvalue weighted by molar-refractivity contribution is 6.00. The number of phenolic OH excluding ortho intramolecular Hbond substituents is 1. The Bertz CT molecular complexity index is 921. The highest BCUT2D eigenvalue weighted by atomic mass is 16.5. The van der Waals surface area contributed by atoms with Gasteiger partial charge in [-0.3, -0.25) is 14.7 Å². The molecule has 140 valence electrons. The van der Waals surface area contributed by atoms with Gasteiger partial charge in [0, 0.05) is 5.56 Å². The number of aromatic hydroxyl groups is 1. The van der Waals surface area contributed by atoms with Crippen molar-refractivity contribution < 1.29 is 23.9 Å². The van der Waals surface area contributed by atoms with E-state index >= 15 is 0 Å². The second-order valence-electron chi connectivity index (χ2n) is 7.72. The van der Waals surface area contributed by atoms with E-state index in [0.717, 1.165) is 5.56 Å². The predicted molar refractivity (Wildman–Crippen MR) is 97.2 cm³/mol. The number of fused-ring (bicyclic) bond motifs is 3. The largest absolute Gasteiger partial charge is 0.507 e. The highest BCUT2D eigenvalue weighted by Crippen LogP contribution is 2.48. The molecule has 0 spiro atoms. The van der Waals surface area contributed by atoms with E-state index in [1.807, 2.05) is 24.3 Å². The molecule has 3 atom stereocenters. The number of hydrogen-bond donors (Lipinski definition) is 2. The number of amides is 2. The number of quaternary nitrogens is 1. The fourth-order valence-corrected chi connectivity index (χ4v) is 3.69. The van der Waals surface area contributed by atoms with E-state index in [4.69, 9.17) is 4.74 Å². The second kappa shape index (κ2) is 6.07. The van der Waals surface area contributed by atoms with Crippen molar-refractivity contribution in [2.75, 3.05) is 21.1 Å². The summed E-state index contributed by atoms with van der Waals surface area (Å²) in [6, 6.07) is 13.7.